The lowest BCUT2D eigenvalue weighted by Gasteiger charge is -2.35. The van der Waals surface area contributed by atoms with Gasteiger partial charge in [-0.3, -0.25) is 4.79 Å². The average Bonchev–Trinajstić information content (AvgIpc) is 3.48. The summed E-state index contributed by atoms with van der Waals surface area (Å²) < 4.78 is 10.6. The molecule has 1 saturated heterocycles. The minimum absolute atomic E-state index is 0.0549. The topological polar surface area (TPSA) is 105 Å². The highest BCUT2D eigenvalue weighted by atomic mass is 32.1. The maximum atomic E-state index is 13.9. The summed E-state index contributed by atoms with van der Waals surface area (Å²) in [6.45, 7) is 11.4. The van der Waals surface area contributed by atoms with Crippen LogP contribution in [0.4, 0.5) is 10.5 Å². The molecule has 0 bridgehead atoms. The zero-order valence-electron chi connectivity index (χ0n) is 22.6. The summed E-state index contributed by atoms with van der Waals surface area (Å²) in [7, 11) is 0. The van der Waals surface area contributed by atoms with Crippen molar-refractivity contribution in [2.75, 3.05) is 24.7 Å². The second kappa shape index (κ2) is 12.8. The molecule has 1 aromatic heterocycles. The first-order chi connectivity index (χ1) is 17.4. The van der Waals surface area contributed by atoms with Crippen LogP contribution < -0.4 is 10.2 Å². The molecular formula is C28H40N2O6S. The van der Waals surface area contributed by atoms with E-state index in [9.17, 15) is 19.5 Å². The number of alkyl carbamates (subject to hydrolysis) is 1. The zero-order chi connectivity index (χ0) is 27.2. The summed E-state index contributed by atoms with van der Waals surface area (Å²) >= 11 is 1.10. The first kappa shape index (κ1) is 29.0. The fourth-order valence-corrected chi connectivity index (χ4v) is 5.45. The highest BCUT2D eigenvalue weighted by Gasteiger charge is 2.34. The molecule has 0 aromatic carbocycles. The normalized spacial score (nSPS) is 22.5. The minimum Gasteiger partial charge on any atom is -0.477 e. The number of nitrogens with zero attached hydrogens (tertiary/aromatic N) is 1. The van der Waals surface area contributed by atoms with Gasteiger partial charge < -0.3 is 24.8 Å². The van der Waals surface area contributed by atoms with Crippen LogP contribution in [0.25, 0.3) is 0 Å². The summed E-state index contributed by atoms with van der Waals surface area (Å²) in [4.78, 5) is 40.6. The summed E-state index contributed by atoms with van der Waals surface area (Å²) in [5, 5.41) is 12.7. The number of rotatable bonds is 8. The van der Waals surface area contributed by atoms with Crippen molar-refractivity contribution >= 4 is 35.0 Å². The Labute approximate surface area is 224 Å². The third-order valence-corrected chi connectivity index (χ3v) is 7.79. The van der Waals surface area contributed by atoms with E-state index in [0.29, 0.717) is 49.1 Å². The molecule has 0 radical (unpaired) electrons. The van der Waals surface area contributed by atoms with E-state index < -0.39 is 12.1 Å². The lowest BCUT2D eigenvalue weighted by molar-refractivity contribution is -0.124. The Morgan fingerprint density at radius 1 is 1.24 bits per heavy atom. The summed E-state index contributed by atoms with van der Waals surface area (Å²) in [6.07, 6.45) is 3.93. The summed E-state index contributed by atoms with van der Waals surface area (Å²) in [5.41, 5.74) is 0.151. The zero-order valence-corrected chi connectivity index (χ0v) is 23.4. The van der Waals surface area contributed by atoms with Crippen LogP contribution in [0.1, 0.15) is 87.7 Å². The number of anilines is 1. The molecule has 0 unspecified atom stereocenters. The van der Waals surface area contributed by atoms with Crippen molar-refractivity contribution in [3.63, 3.8) is 0 Å². The predicted molar refractivity (Wildman–Crippen MR) is 144 cm³/mol. The molecule has 2 fully saturated rings. The van der Waals surface area contributed by atoms with Crippen LogP contribution in [0.15, 0.2) is 6.07 Å². The molecule has 2 heterocycles. The fraction of sp³-hybridized carbons (Fsp3) is 0.679. The molecule has 204 valence electrons. The van der Waals surface area contributed by atoms with Gasteiger partial charge in [0.25, 0.3) is 0 Å². The van der Waals surface area contributed by atoms with Crippen LogP contribution in [-0.2, 0) is 14.3 Å². The first-order valence-electron chi connectivity index (χ1n) is 13.2. The van der Waals surface area contributed by atoms with E-state index in [1.807, 2.05) is 27.7 Å². The van der Waals surface area contributed by atoms with Gasteiger partial charge in [0.2, 0.25) is 5.91 Å². The Hall–Kier alpha value is -2.57. The molecule has 0 spiro atoms. The van der Waals surface area contributed by atoms with Gasteiger partial charge in [-0.25, -0.2) is 9.59 Å². The van der Waals surface area contributed by atoms with Gasteiger partial charge in [0, 0.05) is 30.3 Å². The number of carbonyl (C=O) groups is 3. The summed E-state index contributed by atoms with van der Waals surface area (Å²) in [6, 6.07) is 1.40. The van der Waals surface area contributed by atoms with Crippen molar-refractivity contribution in [3.8, 4) is 11.8 Å². The Bertz CT molecular complexity index is 1020. The van der Waals surface area contributed by atoms with Crippen LogP contribution in [-0.4, -0.2) is 55.0 Å². The Kier molecular flexibility index (Phi) is 10.0. The van der Waals surface area contributed by atoms with E-state index in [-0.39, 0.29) is 34.3 Å². The van der Waals surface area contributed by atoms with Crippen LogP contribution in [0.2, 0.25) is 0 Å². The monoisotopic (exact) mass is 532 g/mol. The number of carbonyl (C=O) groups excluding carboxylic acids is 2. The number of carboxylic acid groups (broad SMARTS) is 1. The first-order valence-corrected chi connectivity index (χ1v) is 14.0. The number of nitrogens with one attached hydrogen (secondary N) is 1. The molecule has 8 nitrogen and oxygen atoms in total. The van der Waals surface area contributed by atoms with Crippen molar-refractivity contribution in [3.05, 3.63) is 15.8 Å². The molecule has 1 aromatic rings. The van der Waals surface area contributed by atoms with Gasteiger partial charge in [-0.1, -0.05) is 18.8 Å². The highest BCUT2D eigenvalue weighted by molar-refractivity contribution is 7.15. The van der Waals surface area contributed by atoms with Gasteiger partial charge >= 0.3 is 12.1 Å². The Balaban J connectivity index is 1.81. The highest BCUT2D eigenvalue weighted by Crippen LogP contribution is 2.36. The van der Waals surface area contributed by atoms with E-state index in [1.165, 1.54) is 0 Å². The molecule has 1 aliphatic heterocycles. The largest absolute Gasteiger partial charge is 0.477 e. The molecule has 1 saturated carbocycles. The molecule has 2 N–H and O–H groups in total. The van der Waals surface area contributed by atoms with Crippen LogP contribution in [0, 0.1) is 29.1 Å². The smallest absolute Gasteiger partial charge is 0.407 e. The molecular weight excluding hydrogens is 492 g/mol. The number of amides is 2. The third kappa shape index (κ3) is 8.47. The lowest BCUT2D eigenvalue weighted by atomic mass is 9.82. The standard InChI is InChI=1S/C28H40N2O6S/c1-18-6-8-20(9-7-18)25(31)30(19(2)11-14-29-27(34)36-21-12-15-35-17-21)23-16-22(10-13-28(3,4)5)37-24(23)26(32)33/h16,18-21H,6-9,11-12,14-15,17H2,1-5H3,(H,29,34)(H,32,33)/t18-,19-,20-,21-/m0/s1. The van der Waals surface area contributed by atoms with Crippen LogP contribution in [0.5, 0.6) is 0 Å². The predicted octanol–water partition coefficient (Wildman–Crippen LogP) is 5.30. The van der Waals surface area contributed by atoms with E-state index >= 15 is 0 Å². The maximum Gasteiger partial charge on any atom is 0.407 e. The van der Waals surface area contributed by atoms with Crippen molar-refractivity contribution in [1.82, 2.24) is 5.32 Å². The average molecular weight is 533 g/mol. The van der Waals surface area contributed by atoms with Gasteiger partial charge in [-0.15, -0.1) is 11.3 Å². The quantitative estimate of drug-likeness (QED) is 0.441. The Morgan fingerprint density at radius 2 is 1.95 bits per heavy atom. The van der Waals surface area contributed by atoms with Crippen molar-refractivity contribution in [1.29, 1.82) is 0 Å². The molecule has 2 amide bonds. The SMILES string of the molecule is C[C@@H](CCNC(=O)O[C@H]1CCOC1)N(c1cc(C#CC(C)(C)C)sc1C(=O)O)C(=O)[C@H]1CC[C@H](C)CC1. The van der Waals surface area contributed by atoms with Gasteiger partial charge in [-0.2, -0.15) is 0 Å². The van der Waals surface area contributed by atoms with E-state index in [0.717, 1.165) is 37.0 Å². The van der Waals surface area contributed by atoms with E-state index in [4.69, 9.17) is 9.47 Å². The van der Waals surface area contributed by atoms with Crippen molar-refractivity contribution < 1.29 is 29.0 Å². The van der Waals surface area contributed by atoms with Gasteiger partial charge in [-0.05, 0) is 71.8 Å². The number of hydrogen-bond acceptors (Lipinski definition) is 6. The number of carboxylic acids is 1. The summed E-state index contributed by atoms with van der Waals surface area (Å²) in [5.74, 6) is 5.56. The fourth-order valence-electron chi connectivity index (χ4n) is 4.61. The molecule has 37 heavy (non-hydrogen) atoms. The molecule has 2 aliphatic rings. The molecule has 2 atom stereocenters. The van der Waals surface area contributed by atoms with Gasteiger partial charge in [0.1, 0.15) is 11.0 Å². The van der Waals surface area contributed by atoms with Crippen LogP contribution >= 0.6 is 11.3 Å². The third-order valence-electron chi connectivity index (χ3n) is 6.76. The van der Waals surface area contributed by atoms with Gasteiger partial charge in [0.05, 0.1) is 23.8 Å². The molecule has 9 heteroatoms. The Morgan fingerprint density at radius 3 is 2.54 bits per heavy atom. The number of thiophene rings is 1. The van der Waals surface area contributed by atoms with Gasteiger partial charge in [0.15, 0.2) is 0 Å². The number of ether oxygens (including phenoxy) is 2. The number of aromatic carboxylic acids is 1. The number of hydrogen-bond donors (Lipinski definition) is 2. The van der Waals surface area contributed by atoms with Crippen molar-refractivity contribution in [2.24, 2.45) is 17.3 Å². The molecule has 3 rings (SSSR count). The minimum atomic E-state index is -1.08. The van der Waals surface area contributed by atoms with E-state index in [2.05, 4.69) is 24.1 Å². The van der Waals surface area contributed by atoms with Crippen molar-refractivity contribution in [2.45, 2.75) is 85.3 Å². The van der Waals surface area contributed by atoms with E-state index in [1.54, 1.807) is 11.0 Å². The second-order valence-electron chi connectivity index (χ2n) is 11.3. The second-order valence-corrected chi connectivity index (χ2v) is 12.3. The maximum absolute atomic E-state index is 13.9. The molecule has 1 aliphatic carbocycles. The van der Waals surface area contributed by atoms with Crippen LogP contribution in [0.3, 0.4) is 0 Å². The lowest BCUT2D eigenvalue weighted by Crippen LogP contribution is -2.45.